The number of hydrogen-bond acceptors (Lipinski definition) is 4. The quantitative estimate of drug-likeness (QED) is 0.598. The Morgan fingerprint density at radius 2 is 1.90 bits per heavy atom. The van der Waals surface area contributed by atoms with Crippen molar-refractivity contribution in [1.29, 1.82) is 0 Å². The minimum atomic E-state index is -0.0675. The molecule has 1 amide bonds. The summed E-state index contributed by atoms with van der Waals surface area (Å²) in [6.07, 6.45) is 3.92. The lowest BCUT2D eigenvalue weighted by molar-refractivity contribution is 0.0941. The number of carbonyl (C=O) groups excluding carboxylic acids is 1. The summed E-state index contributed by atoms with van der Waals surface area (Å²) in [5, 5.41) is 7.75. The Morgan fingerprint density at radius 1 is 1.19 bits per heavy atom. The zero-order chi connectivity index (χ0) is 22.0. The molecule has 1 atom stereocenters. The van der Waals surface area contributed by atoms with Crippen molar-refractivity contribution in [3.05, 3.63) is 77.1 Å². The molecular weight excluding hydrogens is 388 g/mol. The minimum Gasteiger partial charge on any atom is -0.497 e. The van der Waals surface area contributed by atoms with Gasteiger partial charge in [0.15, 0.2) is 0 Å². The van der Waals surface area contributed by atoms with E-state index < -0.39 is 0 Å². The minimum absolute atomic E-state index is 0.0608. The number of nitrogens with zero attached hydrogens (tertiary/aromatic N) is 3. The lowest BCUT2D eigenvalue weighted by Crippen LogP contribution is -2.34. The monoisotopic (exact) mass is 418 g/mol. The van der Waals surface area contributed by atoms with Crippen LogP contribution in [0.3, 0.4) is 0 Å². The molecule has 6 nitrogen and oxygen atoms in total. The van der Waals surface area contributed by atoms with Gasteiger partial charge in [-0.25, -0.2) is 4.68 Å². The van der Waals surface area contributed by atoms with Gasteiger partial charge in [-0.15, -0.1) is 0 Å². The molecule has 1 aliphatic rings. The molecule has 0 aliphatic heterocycles. The summed E-state index contributed by atoms with van der Waals surface area (Å²) in [7, 11) is 5.70. The fourth-order valence-corrected chi connectivity index (χ4v) is 3.98. The third-order valence-electron chi connectivity index (χ3n) is 5.94. The highest BCUT2D eigenvalue weighted by Crippen LogP contribution is 2.42. The van der Waals surface area contributed by atoms with Crippen LogP contribution in [0, 0.1) is 6.92 Å². The molecule has 0 spiro atoms. The van der Waals surface area contributed by atoms with Gasteiger partial charge >= 0.3 is 0 Å². The van der Waals surface area contributed by atoms with E-state index >= 15 is 0 Å². The van der Waals surface area contributed by atoms with Crippen LogP contribution in [0.2, 0.25) is 0 Å². The molecule has 1 aromatic heterocycles. The normalized spacial score (nSPS) is 14.5. The molecule has 2 aromatic carbocycles. The summed E-state index contributed by atoms with van der Waals surface area (Å²) in [5.41, 5.74) is 5.01. The summed E-state index contributed by atoms with van der Waals surface area (Å²) >= 11 is 0. The van der Waals surface area contributed by atoms with E-state index in [0.717, 1.165) is 41.1 Å². The molecule has 1 fully saturated rings. The predicted octanol–water partition coefficient (Wildman–Crippen LogP) is 4.10. The molecular formula is C25H30N4O2. The number of aromatic nitrogens is 2. The Bertz CT molecular complexity index is 1050. The molecule has 1 heterocycles. The predicted molar refractivity (Wildman–Crippen MR) is 122 cm³/mol. The highest BCUT2D eigenvalue weighted by atomic mass is 16.5. The van der Waals surface area contributed by atoms with Crippen molar-refractivity contribution in [2.75, 3.05) is 27.7 Å². The van der Waals surface area contributed by atoms with Gasteiger partial charge in [0.25, 0.3) is 5.91 Å². The number of ether oxygens (including phenoxy) is 1. The third-order valence-corrected chi connectivity index (χ3v) is 5.94. The van der Waals surface area contributed by atoms with Gasteiger partial charge in [0.05, 0.1) is 36.3 Å². The maximum Gasteiger partial charge on any atom is 0.254 e. The molecule has 1 aliphatic carbocycles. The number of likely N-dealkylation sites (N-methyl/N-ethyl adjacent to an activating group) is 1. The van der Waals surface area contributed by atoms with Gasteiger partial charge in [-0.05, 0) is 63.2 Å². The van der Waals surface area contributed by atoms with Crippen LogP contribution >= 0.6 is 0 Å². The number of rotatable bonds is 8. The number of hydrogen-bond donors (Lipinski definition) is 1. The fourth-order valence-electron chi connectivity index (χ4n) is 3.98. The maximum atomic E-state index is 13.2. The van der Waals surface area contributed by atoms with E-state index in [1.54, 1.807) is 13.3 Å². The highest BCUT2D eigenvalue weighted by Gasteiger charge is 2.33. The molecule has 162 valence electrons. The van der Waals surface area contributed by atoms with Gasteiger partial charge in [-0.3, -0.25) is 4.79 Å². The number of carbonyl (C=O) groups is 1. The highest BCUT2D eigenvalue weighted by molar-refractivity contribution is 5.95. The Morgan fingerprint density at radius 3 is 2.52 bits per heavy atom. The van der Waals surface area contributed by atoms with Crippen molar-refractivity contribution >= 4 is 5.91 Å². The second kappa shape index (κ2) is 8.94. The van der Waals surface area contributed by atoms with Gasteiger partial charge < -0.3 is 15.0 Å². The number of nitrogens with one attached hydrogen (secondary N) is 1. The van der Waals surface area contributed by atoms with Crippen molar-refractivity contribution in [2.24, 2.45) is 0 Å². The summed E-state index contributed by atoms with van der Waals surface area (Å²) in [4.78, 5) is 15.3. The van der Waals surface area contributed by atoms with E-state index in [1.807, 2.05) is 55.2 Å². The van der Waals surface area contributed by atoms with Crippen LogP contribution in [0.15, 0.2) is 54.7 Å². The molecule has 1 N–H and O–H groups in total. The number of para-hydroxylation sites is 1. The van der Waals surface area contributed by atoms with Gasteiger partial charge in [0.1, 0.15) is 5.75 Å². The number of aryl methyl sites for hydroxylation is 1. The zero-order valence-corrected chi connectivity index (χ0v) is 18.6. The van der Waals surface area contributed by atoms with Crippen LogP contribution in [0.25, 0.3) is 5.69 Å². The summed E-state index contributed by atoms with van der Waals surface area (Å²) < 4.78 is 7.21. The smallest absolute Gasteiger partial charge is 0.254 e. The maximum absolute atomic E-state index is 13.2. The summed E-state index contributed by atoms with van der Waals surface area (Å²) in [6, 6.07) is 16.2. The van der Waals surface area contributed by atoms with Crippen LogP contribution in [0.1, 0.15) is 52.0 Å². The first-order chi connectivity index (χ1) is 15.0. The first-order valence-corrected chi connectivity index (χ1v) is 10.7. The number of methoxy groups -OCH3 is 1. The van der Waals surface area contributed by atoms with Gasteiger partial charge in [0.2, 0.25) is 0 Å². The number of amides is 1. The average Bonchev–Trinajstić information content (AvgIpc) is 3.52. The molecule has 6 heteroatoms. The zero-order valence-electron chi connectivity index (χ0n) is 18.6. The second-order valence-electron chi connectivity index (χ2n) is 8.38. The molecule has 0 saturated heterocycles. The summed E-state index contributed by atoms with van der Waals surface area (Å²) in [5.74, 6) is 1.15. The van der Waals surface area contributed by atoms with E-state index in [1.165, 1.54) is 0 Å². The summed E-state index contributed by atoms with van der Waals surface area (Å²) in [6.45, 7) is 2.59. The Kier molecular flexibility index (Phi) is 6.09. The standard InChI is InChI=1S/C25H30N4O2/c1-17-7-5-6-8-22(17)29-24(19-9-10-19)21(15-27-29)25(30)26-16-23(28(2)3)18-11-13-20(31-4)14-12-18/h5-8,11-15,19,23H,9-10,16H2,1-4H3,(H,26,30). The Hall–Kier alpha value is -3.12. The van der Waals surface area contributed by atoms with Crippen molar-refractivity contribution in [3.8, 4) is 11.4 Å². The molecule has 1 saturated carbocycles. The molecule has 0 bridgehead atoms. The first kappa shape index (κ1) is 21.1. The second-order valence-corrected chi connectivity index (χ2v) is 8.38. The van der Waals surface area contributed by atoms with Gasteiger partial charge in [0, 0.05) is 12.5 Å². The Labute approximate surface area is 183 Å². The van der Waals surface area contributed by atoms with Gasteiger partial charge in [-0.2, -0.15) is 5.10 Å². The topological polar surface area (TPSA) is 59.4 Å². The molecule has 0 radical (unpaired) electrons. The van der Waals surface area contributed by atoms with Crippen molar-refractivity contribution in [2.45, 2.75) is 31.7 Å². The number of benzene rings is 2. The van der Waals surface area contributed by atoms with Gasteiger partial charge in [-0.1, -0.05) is 30.3 Å². The van der Waals surface area contributed by atoms with Crippen LogP contribution in [-0.2, 0) is 0 Å². The molecule has 31 heavy (non-hydrogen) atoms. The lowest BCUT2D eigenvalue weighted by atomic mass is 10.1. The molecule has 1 unspecified atom stereocenters. The van der Waals surface area contributed by atoms with E-state index in [0.29, 0.717) is 18.0 Å². The fraction of sp³-hybridized carbons (Fsp3) is 0.360. The largest absolute Gasteiger partial charge is 0.497 e. The molecule has 4 rings (SSSR count). The van der Waals surface area contributed by atoms with Crippen molar-refractivity contribution < 1.29 is 9.53 Å². The van der Waals surface area contributed by atoms with E-state index in [9.17, 15) is 4.79 Å². The van der Waals surface area contributed by atoms with Crippen LogP contribution in [0.5, 0.6) is 5.75 Å². The van der Waals surface area contributed by atoms with Crippen LogP contribution in [0.4, 0.5) is 0 Å². The first-order valence-electron chi connectivity index (χ1n) is 10.7. The van der Waals surface area contributed by atoms with E-state index in [4.69, 9.17) is 4.74 Å². The Balaban J connectivity index is 1.55. The SMILES string of the molecule is COc1ccc(C(CNC(=O)c2cnn(-c3ccccc3C)c2C2CC2)N(C)C)cc1. The average molecular weight is 419 g/mol. The third kappa shape index (κ3) is 4.49. The van der Waals surface area contributed by atoms with Crippen molar-refractivity contribution in [3.63, 3.8) is 0 Å². The van der Waals surface area contributed by atoms with E-state index in [2.05, 4.69) is 34.4 Å². The van der Waals surface area contributed by atoms with Crippen LogP contribution < -0.4 is 10.1 Å². The van der Waals surface area contributed by atoms with E-state index in [-0.39, 0.29) is 11.9 Å². The van der Waals surface area contributed by atoms with Crippen LogP contribution in [-0.4, -0.2) is 48.3 Å². The molecule has 3 aromatic rings. The lowest BCUT2D eigenvalue weighted by Gasteiger charge is -2.25. The van der Waals surface area contributed by atoms with Crippen molar-refractivity contribution in [1.82, 2.24) is 20.0 Å².